The fourth-order valence-electron chi connectivity index (χ4n) is 4.63. The Morgan fingerprint density at radius 2 is 1.80 bits per heavy atom. The van der Waals surface area contributed by atoms with E-state index in [-0.39, 0.29) is 11.3 Å². The van der Waals surface area contributed by atoms with E-state index >= 15 is 0 Å². The van der Waals surface area contributed by atoms with Gasteiger partial charge in [0.25, 0.3) is 0 Å². The number of aromatic amines is 1. The number of hydrogen-bond donors (Lipinski definition) is 1. The van der Waals surface area contributed by atoms with Crippen molar-refractivity contribution in [3.8, 4) is 0 Å². The number of H-pyrrole nitrogens is 1. The maximum absolute atomic E-state index is 13.1. The molecule has 1 atom stereocenters. The molecule has 1 saturated carbocycles. The zero-order valence-corrected chi connectivity index (χ0v) is 16.0. The number of fused-ring (bicyclic) bond motifs is 3. The van der Waals surface area contributed by atoms with Crippen molar-refractivity contribution in [1.29, 1.82) is 0 Å². The van der Waals surface area contributed by atoms with Crippen molar-refractivity contribution in [3.63, 3.8) is 0 Å². The molecule has 4 nitrogen and oxygen atoms in total. The average molecular weight is 361 g/mol. The van der Waals surface area contributed by atoms with Gasteiger partial charge >= 0.3 is 0 Å². The van der Waals surface area contributed by atoms with E-state index in [2.05, 4.69) is 30.1 Å². The molecule has 0 aliphatic heterocycles. The number of sulfonamides is 1. The molecule has 1 fully saturated rings. The first-order valence-corrected chi connectivity index (χ1v) is 11.0. The van der Waals surface area contributed by atoms with Crippen LogP contribution in [-0.2, 0) is 22.9 Å². The van der Waals surface area contributed by atoms with Gasteiger partial charge in [0.2, 0.25) is 10.0 Å². The minimum atomic E-state index is -3.20. The number of hydrogen-bond acceptors (Lipinski definition) is 2. The highest BCUT2D eigenvalue weighted by Crippen LogP contribution is 2.34. The standard InChI is InChI=1S/C20H28N2O2S/c1-14-7-10-16(11-8-14)25(23,24)22(2)15-9-12-20-18(13-15)17-5-3-4-6-19(17)21-20/h3-6,14-16,21H,7-13H2,1-2H3. The van der Waals surface area contributed by atoms with E-state index in [4.69, 9.17) is 0 Å². The molecule has 2 aliphatic rings. The molecule has 0 amide bonds. The third kappa shape index (κ3) is 3.02. The molecule has 1 heterocycles. The Morgan fingerprint density at radius 1 is 1.08 bits per heavy atom. The number of nitrogens with zero attached hydrogens (tertiary/aromatic N) is 1. The van der Waals surface area contributed by atoms with Crippen molar-refractivity contribution in [3.05, 3.63) is 35.5 Å². The normalized spacial score (nSPS) is 27.6. The lowest BCUT2D eigenvalue weighted by atomic mass is 9.91. The molecule has 136 valence electrons. The molecule has 5 heteroatoms. The molecule has 0 spiro atoms. The van der Waals surface area contributed by atoms with Gasteiger partial charge in [-0.1, -0.05) is 25.1 Å². The van der Waals surface area contributed by atoms with Crippen molar-refractivity contribution in [1.82, 2.24) is 9.29 Å². The fourth-order valence-corrected chi connectivity index (χ4v) is 6.57. The highest BCUT2D eigenvalue weighted by molar-refractivity contribution is 7.89. The van der Waals surface area contributed by atoms with Gasteiger partial charge < -0.3 is 4.98 Å². The predicted molar refractivity (Wildman–Crippen MR) is 102 cm³/mol. The summed E-state index contributed by atoms with van der Waals surface area (Å²) in [4.78, 5) is 3.51. The van der Waals surface area contributed by atoms with Crippen LogP contribution in [0.5, 0.6) is 0 Å². The van der Waals surface area contributed by atoms with Crippen LogP contribution in [0.25, 0.3) is 10.9 Å². The van der Waals surface area contributed by atoms with E-state index in [1.165, 1.54) is 22.2 Å². The summed E-state index contributed by atoms with van der Waals surface area (Å²) < 4.78 is 28.0. The number of para-hydroxylation sites is 1. The average Bonchev–Trinajstić information content (AvgIpc) is 2.99. The van der Waals surface area contributed by atoms with Crippen molar-refractivity contribution in [2.45, 2.75) is 63.2 Å². The maximum atomic E-state index is 13.1. The van der Waals surface area contributed by atoms with Crippen LogP contribution in [0.2, 0.25) is 0 Å². The third-order valence-corrected chi connectivity index (χ3v) is 8.78. The van der Waals surface area contributed by atoms with Gasteiger partial charge in [0.15, 0.2) is 0 Å². The molecule has 0 bridgehead atoms. The number of rotatable bonds is 3. The van der Waals surface area contributed by atoms with Crippen LogP contribution >= 0.6 is 0 Å². The van der Waals surface area contributed by atoms with Gasteiger partial charge in [-0.15, -0.1) is 0 Å². The summed E-state index contributed by atoms with van der Waals surface area (Å²) in [6.07, 6.45) is 6.36. The van der Waals surface area contributed by atoms with Crippen LogP contribution in [0.4, 0.5) is 0 Å². The molecule has 0 saturated heterocycles. The molecule has 25 heavy (non-hydrogen) atoms. The second kappa shape index (κ2) is 6.44. The quantitative estimate of drug-likeness (QED) is 0.903. The van der Waals surface area contributed by atoms with E-state index in [1.807, 2.05) is 6.07 Å². The molecule has 2 aliphatic carbocycles. The Hall–Kier alpha value is -1.33. The Morgan fingerprint density at radius 3 is 2.56 bits per heavy atom. The van der Waals surface area contributed by atoms with E-state index in [0.717, 1.165) is 44.9 Å². The first-order chi connectivity index (χ1) is 12.0. The smallest absolute Gasteiger partial charge is 0.216 e. The van der Waals surface area contributed by atoms with Crippen molar-refractivity contribution in [2.24, 2.45) is 5.92 Å². The highest BCUT2D eigenvalue weighted by atomic mass is 32.2. The van der Waals surface area contributed by atoms with Crippen molar-refractivity contribution < 1.29 is 8.42 Å². The summed E-state index contributed by atoms with van der Waals surface area (Å²) in [7, 11) is -1.40. The fraction of sp³-hybridized carbons (Fsp3) is 0.600. The molecule has 1 aromatic heterocycles. The van der Waals surface area contributed by atoms with E-state index in [0.29, 0.717) is 5.92 Å². The summed E-state index contributed by atoms with van der Waals surface area (Å²) in [5, 5.41) is 1.07. The molecule has 1 unspecified atom stereocenters. The first-order valence-electron chi connectivity index (χ1n) is 9.52. The Kier molecular flexibility index (Phi) is 4.40. The van der Waals surface area contributed by atoms with Gasteiger partial charge in [0.05, 0.1) is 5.25 Å². The number of benzene rings is 1. The number of nitrogens with one attached hydrogen (secondary N) is 1. The lowest BCUT2D eigenvalue weighted by Gasteiger charge is -2.35. The predicted octanol–water partition coefficient (Wildman–Crippen LogP) is 3.87. The summed E-state index contributed by atoms with van der Waals surface area (Å²) in [5.74, 6) is 0.667. The molecular formula is C20H28N2O2S. The Bertz CT molecular complexity index is 863. The molecule has 2 aromatic rings. The van der Waals surface area contributed by atoms with Gasteiger partial charge in [-0.05, 0) is 62.5 Å². The SMILES string of the molecule is CC1CCC(S(=O)(=O)N(C)C2CCc3[nH]c4ccccc4c3C2)CC1. The van der Waals surface area contributed by atoms with Crippen LogP contribution in [0, 0.1) is 5.92 Å². The minimum absolute atomic E-state index is 0.0797. The largest absolute Gasteiger partial charge is 0.358 e. The number of likely N-dealkylation sites (N-methyl/N-ethyl adjacent to an activating group) is 1. The van der Waals surface area contributed by atoms with Gasteiger partial charge in [-0.2, -0.15) is 0 Å². The summed E-state index contributed by atoms with van der Waals surface area (Å²) in [6, 6.07) is 8.43. The minimum Gasteiger partial charge on any atom is -0.358 e. The van der Waals surface area contributed by atoms with Crippen LogP contribution in [-0.4, -0.2) is 36.0 Å². The lowest BCUT2D eigenvalue weighted by molar-refractivity contribution is 0.316. The van der Waals surface area contributed by atoms with Gasteiger partial charge in [0, 0.05) is 29.7 Å². The number of aryl methyl sites for hydroxylation is 1. The molecule has 1 aromatic carbocycles. The second-order valence-corrected chi connectivity index (χ2v) is 10.2. The van der Waals surface area contributed by atoms with Gasteiger partial charge in [-0.25, -0.2) is 12.7 Å². The van der Waals surface area contributed by atoms with Crippen molar-refractivity contribution in [2.75, 3.05) is 7.05 Å². The lowest BCUT2D eigenvalue weighted by Crippen LogP contribution is -2.45. The van der Waals surface area contributed by atoms with Crippen LogP contribution in [0.15, 0.2) is 24.3 Å². The zero-order valence-electron chi connectivity index (χ0n) is 15.2. The maximum Gasteiger partial charge on any atom is 0.216 e. The molecular weight excluding hydrogens is 332 g/mol. The van der Waals surface area contributed by atoms with E-state index in [9.17, 15) is 8.42 Å². The Labute approximate surface area is 150 Å². The summed E-state index contributed by atoms with van der Waals surface area (Å²) >= 11 is 0. The first kappa shape index (κ1) is 17.1. The topological polar surface area (TPSA) is 53.2 Å². The summed E-state index contributed by atoms with van der Waals surface area (Å²) in [6.45, 7) is 2.23. The third-order valence-electron chi connectivity index (χ3n) is 6.37. The van der Waals surface area contributed by atoms with Gasteiger partial charge in [-0.3, -0.25) is 0 Å². The van der Waals surface area contributed by atoms with Crippen LogP contribution in [0.3, 0.4) is 0 Å². The monoisotopic (exact) mass is 360 g/mol. The van der Waals surface area contributed by atoms with Crippen LogP contribution < -0.4 is 0 Å². The van der Waals surface area contributed by atoms with E-state index in [1.54, 1.807) is 11.4 Å². The number of aromatic nitrogens is 1. The van der Waals surface area contributed by atoms with Crippen molar-refractivity contribution >= 4 is 20.9 Å². The summed E-state index contributed by atoms with van der Waals surface area (Å²) in [5.41, 5.74) is 3.76. The van der Waals surface area contributed by atoms with E-state index < -0.39 is 10.0 Å². The molecule has 4 rings (SSSR count). The highest BCUT2D eigenvalue weighted by Gasteiger charge is 2.37. The van der Waals surface area contributed by atoms with Crippen LogP contribution in [0.1, 0.15) is 50.3 Å². The molecule has 1 N–H and O–H groups in total. The van der Waals surface area contributed by atoms with Gasteiger partial charge in [0.1, 0.15) is 0 Å². The Balaban J connectivity index is 1.56. The molecule has 0 radical (unpaired) electrons. The zero-order chi connectivity index (χ0) is 17.6. The second-order valence-electron chi connectivity index (χ2n) is 7.97.